The van der Waals surface area contributed by atoms with Crippen molar-refractivity contribution >= 4 is 204 Å². The van der Waals surface area contributed by atoms with Gasteiger partial charge < -0.3 is 63.0 Å². The number of amides is 8. The summed E-state index contributed by atoms with van der Waals surface area (Å²) in [6, 6.07) is 36.2. The number of carbonyl (C=O) groups excluding carboxylic acids is 8. The number of hydrazine groups is 1. The third kappa shape index (κ3) is 32.2. The summed E-state index contributed by atoms with van der Waals surface area (Å²) in [5.74, 6) is 6.58. The van der Waals surface area contributed by atoms with E-state index < -0.39 is 62.4 Å². The monoisotopic (exact) mass is 2150 g/mol. The highest BCUT2D eigenvalue weighted by Gasteiger charge is 2.41. The molecular formula is C88H101Cl2N27O18S8. The molecule has 6 atom stereocenters. The maximum absolute atomic E-state index is 12.3. The fraction of sp³-hybridized carbons (Fsp3) is 0.295. The molecule has 0 saturated carbocycles. The highest BCUT2D eigenvalue weighted by molar-refractivity contribution is 7.99. The molecule has 1 fully saturated rings. The number of hydrogen-bond acceptors (Lipinski definition) is 43. The van der Waals surface area contributed by atoms with Crippen LogP contribution in [0.15, 0.2) is 218 Å². The predicted molar refractivity (Wildman–Crippen MR) is 548 cm³/mol. The molecule has 0 aliphatic carbocycles. The van der Waals surface area contributed by atoms with Crippen LogP contribution in [-0.2, 0) is 24.8 Å². The molecular weight excluding hydrogens is 2050 g/mol. The van der Waals surface area contributed by atoms with Crippen LogP contribution in [0.25, 0.3) is 30.9 Å². The maximum Gasteiger partial charge on any atom is 0.261 e. The van der Waals surface area contributed by atoms with E-state index in [0.717, 1.165) is 43.7 Å². The number of anilines is 4. The maximum atomic E-state index is 12.3. The van der Waals surface area contributed by atoms with Crippen molar-refractivity contribution in [2.24, 2.45) is 28.3 Å². The molecule has 11 heterocycles. The van der Waals surface area contributed by atoms with E-state index in [-0.39, 0.29) is 110 Å². The van der Waals surface area contributed by atoms with Gasteiger partial charge in [-0.15, -0.1) is 58.4 Å². The van der Waals surface area contributed by atoms with Gasteiger partial charge in [0.15, 0.2) is 9.60 Å². The van der Waals surface area contributed by atoms with Crippen molar-refractivity contribution in [2.75, 3.05) is 153 Å². The molecule has 0 radical (unpaired) electrons. The van der Waals surface area contributed by atoms with Crippen LogP contribution in [-0.4, -0.2) is 336 Å². The number of nitrogens with zero attached hydrogens (tertiary/aromatic N) is 19. The van der Waals surface area contributed by atoms with Crippen LogP contribution in [0.4, 0.5) is 23.0 Å². The Morgan fingerprint density at radius 2 is 0.748 bits per heavy atom. The van der Waals surface area contributed by atoms with E-state index in [2.05, 4.69) is 92.8 Å². The summed E-state index contributed by atoms with van der Waals surface area (Å²) in [4.78, 5) is 148. The third-order valence-electron chi connectivity index (χ3n) is 20.0. The first-order valence-electron chi connectivity index (χ1n) is 42.4. The summed E-state index contributed by atoms with van der Waals surface area (Å²) < 4.78 is 57.6. The van der Waals surface area contributed by atoms with Crippen molar-refractivity contribution in [1.82, 2.24) is 78.0 Å². The smallest absolute Gasteiger partial charge is 0.261 e. The highest BCUT2D eigenvalue weighted by Crippen LogP contribution is 2.33. The van der Waals surface area contributed by atoms with E-state index in [1.807, 2.05) is 25.0 Å². The van der Waals surface area contributed by atoms with E-state index in [9.17, 15) is 80.7 Å². The number of aromatic nitrogens is 10. The Labute approximate surface area is 855 Å². The molecule has 5 aliphatic heterocycles. The Balaban J connectivity index is 0.000000185. The average Bonchev–Trinajstić information content (AvgIpc) is 1.71. The largest absolute Gasteiger partial charge is 0.391 e. The van der Waals surface area contributed by atoms with Crippen LogP contribution in [0.3, 0.4) is 0 Å². The van der Waals surface area contributed by atoms with Gasteiger partial charge in [-0.1, -0.05) is 76.6 Å². The summed E-state index contributed by atoms with van der Waals surface area (Å²) >= 11 is 20.1. The highest BCUT2D eigenvalue weighted by atomic mass is 35.5. The van der Waals surface area contributed by atoms with Crippen molar-refractivity contribution in [2.45, 2.75) is 66.0 Å². The first-order valence-corrected chi connectivity index (χ1v) is 52.6. The second-order valence-corrected chi connectivity index (χ2v) is 41.1. The SMILES string of the molecule is CN(C)S(=O)(=O)c1ccc2nc(Cl)sc2c1.CSc1cnc(Cl)nc1.CSc1cnc(NC[C@@H](O)CN)nc1.CSc1cnc(NC[C@@H](O)CN2C(=O)c3ccccc3C2=O)nc1.CSc1cnc(NC[C@@H](O)CNc2nc3ccc(S(=O)(=O)N(C)C)cc3s2)nc1.NC[C@@H](O)CN1C(=O)c2ccccc2C1=O.NN.O=C1c2ccccc2C(=O)N1C[C@@H]1CO1.[N-]=[N+]=NC[C@@H](O)CN1C(=O)c2ccccc2C1=O. The molecule has 0 spiro atoms. The number of fused-ring (bicyclic) bond motifs is 6. The average molecular weight is 2150 g/mol. The molecule has 12 aromatic rings. The second-order valence-electron chi connectivity index (χ2n) is 30.3. The van der Waals surface area contributed by atoms with Crippen LogP contribution < -0.4 is 44.4 Å². The molecule has 6 aromatic carbocycles. The normalized spacial score (nSPS) is 14.6. The molecule has 17 N–H and O–H groups in total. The summed E-state index contributed by atoms with van der Waals surface area (Å²) in [6.07, 6.45) is 17.4. The van der Waals surface area contributed by atoms with Gasteiger partial charge in [0.1, 0.15) is 0 Å². The number of aliphatic hydroxyl groups is 5. The number of nitrogens with two attached hydrogens (primary N) is 4. The Morgan fingerprint density at radius 3 is 1.08 bits per heavy atom. The van der Waals surface area contributed by atoms with Gasteiger partial charge in [0.25, 0.3) is 47.3 Å². The molecule has 6 aromatic heterocycles. The summed E-state index contributed by atoms with van der Waals surface area (Å²) in [5.41, 5.74) is 23.2. The van der Waals surface area contributed by atoms with Gasteiger partial charge in [-0.05, 0) is 127 Å². The van der Waals surface area contributed by atoms with Crippen molar-refractivity contribution in [3.8, 4) is 0 Å². The third-order valence-corrected chi connectivity index (χ3v) is 28.7. The molecule has 0 bridgehead atoms. The molecule has 55 heteroatoms. The Kier molecular flexibility index (Phi) is 44.6. The lowest BCUT2D eigenvalue weighted by atomic mass is 10.1. The van der Waals surface area contributed by atoms with Crippen LogP contribution in [0.5, 0.6) is 0 Å². The lowest BCUT2D eigenvalue weighted by Crippen LogP contribution is -2.39. The predicted octanol–water partition coefficient (Wildman–Crippen LogP) is 7.25. The molecule has 45 nitrogen and oxygen atoms in total. The number of rotatable bonds is 32. The van der Waals surface area contributed by atoms with E-state index in [0.29, 0.717) is 108 Å². The van der Waals surface area contributed by atoms with Crippen molar-refractivity contribution < 1.29 is 85.5 Å². The standard InChI is InChI=1S/C17H22N6O3S3.C16H16N4O3S.C11H10N4O3.C11H12N2O3.C11H9NO3.C9H9ClN2O2S2.C8H14N4OS.C5H5ClN2S.H4N2/c1-23(2)29(25,26)13-4-5-14-15(6-13)28-17(22-14)21-8-11(24)7-18-16-19-9-12(27-3)10-20-16;1-24-11-7-18-16(19-8-11)17-6-10(21)9-20-14(22)12-4-2-3-5-13(12)15(20)23;12-14-13-5-7(16)6-15-10(17)8-3-1-2-4-9(8)11(15)18;12-5-7(14)6-13-10(15)8-3-1-2-4-9(8)11(13)16;13-10-8-3-1-2-4-9(8)11(14)12(10)5-7-6-15-7;1-12(2)16(13,14)6-3-4-7-8(5-6)15-9(10)11-7;1-14-7-4-11-8(12-5-7)10-3-6(13)2-9;1-9-4-2-7-5(6)8-3-4;1-2/h4-6,9-11,24H,7-8H2,1-3H3,(H,21,22)(H,18,19,20);2-5,7-8,10,21H,6,9H2,1H3,(H,17,18,19);1-4,7,16H,5-6H2;1-4,7,14H,5-6,12H2;1-4,7H,5-6H2;3-5H,1-2H3;4-6,13H,2-3,9H2,1H3,(H,10,11,12);2-3H,1H3;1-2H2/t11-;10-;3*7-;;6-;;/m11111.0../s1. The Bertz CT molecular complexity index is 6540. The molecule has 758 valence electrons. The number of epoxide rings is 1. The molecule has 8 amide bonds. The number of aliphatic hydroxyl groups excluding tert-OH is 5. The Hall–Kier alpha value is -12.1. The van der Waals surface area contributed by atoms with Gasteiger partial charge in [0.2, 0.25) is 43.2 Å². The number of carbonyl (C=O) groups is 8. The lowest BCUT2D eigenvalue weighted by Gasteiger charge is -2.18. The van der Waals surface area contributed by atoms with Gasteiger partial charge in [-0.2, -0.15) is 0 Å². The number of hydrogen-bond donors (Lipinski definition) is 13. The number of halogens is 2. The summed E-state index contributed by atoms with van der Waals surface area (Å²) in [7, 11) is -0.891. The lowest BCUT2D eigenvalue weighted by molar-refractivity contribution is 0.0543. The second kappa shape index (κ2) is 55.7. The van der Waals surface area contributed by atoms with Crippen LogP contribution in [0.2, 0.25) is 9.75 Å². The number of thioether (sulfide) groups is 4. The number of β-amino-alcohol motifs (C(OH)–C–C–N with tert-alkyl or cyclic N) is 3. The van der Waals surface area contributed by atoms with E-state index in [4.69, 9.17) is 44.9 Å². The summed E-state index contributed by atoms with van der Waals surface area (Å²) in [5, 5.41) is 64.3. The van der Waals surface area contributed by atoms with Crippen molar-refractivity contribution in [3.05, 3.63) is 248 Å². The number of thiazole rings is 2. The first-order chi connectivity index (χ1) is 68.4. The van der Waals surface area contributed by atoms with E-state index in [1.165, 1.54) is 82.2 Å². The van der Waals surface area contributed by atoms with Gasteiger partial charge >= 0.3 is 0 Å². The van der Waals surface area contributed by atoms with E-state index in [1.54, 1.807) is 212 Å². The molecule has 17 rings (SSSR count). The zero-order chi connectivity index (χ0) is 104. The fourth-order valence-electron chi connectivity index (χ4n) is 12.5. The molecule has 1 saturated heterocycles. The molecule has 0 unspecified atom stereocenters. The van der Waals surface area contributed by atoms with Gasteiger partial charge in [0, 0.05) is 142 Å². The minimum atomic E-state index is -3.49. The minimum Gasteiger partial charge on any atom is -0.391 e. The minimum absolute atomic E-state index is 0.0212. The number of benzene rings is 6. The number of imide groups is 4. The number of sulfonamides is 2. The quantitative estimate of drug-likeness (QED) is 0.00227. The van der Waals surface area contributed by atoms with Crippen LogP contribution >= 0.6 is 92.9 Å². The molecule has 5 aliphatic rings. The van der Waals surface area contributed by atoms with E-state index >= 15 is 0 Å². The number of nitrogens with one attached hydrogen (secondary N) is 4. The van der Waals surface area contributed by atoms with Gasteiger partial charge in [-0.3, -0.25) is 69.6 Å². The van der Waals surface area contributed by atoms with Crippen LogP contribution in [0, 0.1) is 0 Å². The number of ether oxygens (including phenoxy) is 1. The first kappa shape index (κ1) is 114. The topological polar surface area (TPSA) is 668 Å². The van der Waals surface area contributed by atoms with Crippen LogP contribution in [0.1, 0.15) is 82.9 Å². The fourth-order valence-corrected chi connectivity index (χ4v) is 17.8. The Morgan fingerprint density at radius 1 is 0.448 bits per heavy atom. The zero-order valence-electron chi connectivity index (χ0n) is 77.6. The molecule has 143 heavy (non-hydrogen) atoms. The van der Waals surface area contributed by atoms with Gasteiger partial charge in [0.05, 0.1) is 151 Å². The van der Waals surface area contributed by atoms with Gasteiger partial charge in [-0.25, -0.2) is 75.3 Å². The zero-order valence-corrected chi connectivity index (χ0v) is 85.7. The van der Waals surface area contributed by atoms with Crippen molar-refractivity contribution in [1.29, 1.82) is 0 Å². The number of azide groups is 1. The van der Waals surface area contributed by atoms with Crippen molar-refractivity contribution in [3.63, 3.8) is 0 Å². The summed E-state index contributed by atoms with van der Waals surface area (Å²) in [6.45, 7) is 1.85.